The number of benzene rings is 1. The van der Waals surface area contributed by atoms with Gasteiger partial charge >= 0.3 is 6.09 Å². The van der Waals surface area contributed by atoms with Crippen LogP contribution in [0.2, 0.25) is 5.02 Å². The van der Waals surface area contributed by atoms with E-state index in [-0.39, 0.29) is 11.6 Å². The first-order valence-electron chi connectivity index (χ1n) is 13.3. The fourth-order valence-corrected chi connectivity index (χ4v) is 5.12. The summed E-state index contributed by atoms with van der Waals surface area (Å²) in [5, 5.41) is 4.22. The van der Waals surface area contributed by atoms with Gasteiger partial charge in [0.25, 0.3) is 5.56 Å². The Balaban J connectivity index is 1.60. The summed E-state index contributed by atoms with van der Waals surface area (Å²) in [6.07, 6.45) is 5.25. The van der Waals surface area contributed by atoms with Gasteiger partial charge in [-0.15, -0.1) is 0 Å². The van der Waals surface area contributed by atoms with Gasteiger partial charge in [0.05, 0.1) is 23.6 Å². The molecule has 1 amide bonds. The summed E-state index contributed by atoms with van der Waals surface area (Å²) in [6.45, 7) is 10.8. The number of pyridine rings is 1. The van der Waals surface area contributed by atoms with Crippen LogP contribution in [-0.2, 0) is 4.74 Å². The topological polar surface area (TPSA) is 115 Å². The molecule has 0 radical (unpaired) electrons. The van der Waals surface area contributed by atoms with Crippen molar-refractivity contribution in [2.45, 2.75) is 52.7 Å². The Morgan fingerprint density at radius 2 is 1.95 bits per heavy atom. The molecular weight excluding hydrogens is 530 g/mol. The summed E-state index contributed by atoms with van der Waals surface area (Å²) < 4.78 is 7.25. The van der Waals surface area contributed by atoms with E-state index in [1.54, 1.807) is 40.2 Å². The highest BCUT2D eigenvalue weighted by Crippen LogP contribution is 2.33. The van der Waals surface area contributed by atoms with Crippen LogP contribution in [0.4, 0.5) is 10.7 Å². The van der Waals surface area contributed by atoms with Crippen molar-refractivity contribution in [3.8, 4) is 22.4 Å². The van der Waals surface area contributed by atoms with Crippen LogP contribution in [0.1, 0.15) is 45.9 Å². The number of hydrogen-bond acceptors (Lipinski definition) is 8. The first-order valence-corrected chi connectivity index (χ1v) is 13.6. The van der Waals surface area contributed by atoms with Crippen LogP contribution in [0.15, 0.2) is 47.7 Å². The smallest absolute Gasteiger partial charge is 0.410 e. The number of ether oxygens (including phenoxy) is 1. The zero-order valence-corrected chi connectivity index (χ0v) is 24.0. The summed E-state index contributed by atoms with van der Waals surface area (Å²) in [6, 6.07) is 6.97. The Labute approximate surface area is 237 Å². The van der Waals surface area contributed by atoms with Crippen LogP contribution in [0.5, 0.6) is 0 Å². The predicted octanol–water partition coefficient (Wildman–Crippen LogP) is 5.49. The van der Waals surface area contributed by atoms with Crippen LogP contribution < -0.4 is 10.9 Å². The molecule has 10 nitrogen and oxygen atoms in total. The number of aromatic nitrogens is 5. The number of amides is 1. The lowest BCUT2D eigenvalue weighted by molar-refractivity contribution is 0.0289. The van der Waals surface area contributed by atoms with Gasteiger partial charge in [0.15, 0.2) is 0 Å². The van der Waals surface area contributed by atoms with Crippen molar-refractivity contribution in [3.05, 3.63) is 63.9 Å². The van der Waals surface area contributed by atoms with E-state index in [0.717, 1.165) is 11.3 Å². The lowest BCUT2D eigenvalue weighted by Gasteiger charge is -2.25. The Morgan fingerprint density at radius 3 is 2.65 bits per heavy atom. The van der Waals surface area contributed by atoms with E-state index in [2.05, 4.69) is 25.3 Å². The summed E-state index contributed by atoms with van der Waals surface area (Å²) in [4.78, 5) is 46.4. The van der Waals surface area contributed by atoms with E-state index in [4.69, 9.17) is 16.3 Å². The number of likely N-dealkylation sites (tertiary alicyclic amines) is 1. The standard InChI is InChI=1S/C29H32ClN7O3/c1-6-32-27-33-14-19-11-22(21-8-7-18(12-23(21)30)24-15-31-13-17(2)34-24)26(38)37(25(19)35-27)20-9-10-36(16-20)28(39)40-29(3,4)5/h7-8,11-15,20H,6,9-10,16H2,1-5H3,(H,32,33,35). The number of aryl methyl sites for hydroxylation is 1. The molecule has 1 fully saturated rings. The van der Waals surface area contributed by atoms with Crippen molar-refractivity contribution >= 4 is 34.7 Å². The lowest BCUT2D eigenvalue weighted by Crippen LogP contribution is -2.36. The van der Waals surface area contributed by atoms with Crippen molar-refractivity contribution in [1.29, 1.82) is 0 Å². The van der Waals surface area contributed by atoms with Gasteiger partial charge in [-0.1, -0.05) is 23.7 Å². The van der Waals surface area contributed by atoms with Crippen molar-refractivity contribution in [2.24, 2.45) is 0 Å². The van der Waals surface area contributed by atoms with Gasteiger partial charge in [-0.25, -0.2) is 14.8 Å². The molecule has 1 aliphatic rings. The Kier molecular flexibility index (Phi) is 7.46. The normalized spacial score (nSPS) is 15.4. The SMILES string of the molecule is CCNc1ncc2cc(-c3ccc(-c4cncc(C)n4)cc3Cl)c(=O)n(C3CCN(C(=O)OC(C)(C)C)C3)c2n1. The molecule has 11 heteroatoms. The Hall–Kier alpha value is -4.05. The molecule has 208 valence electrons. The average molecular weight is 562 g/mol. The second-order valence-corrected chi connectivity index (χ2v) is 11.3. The average Bonchev–Trinajstić information content (AvgIpc) is 3.38. The van der Waals surface area contributed by atoms with Gasteiger partial charge in [0, 0.05) is 59.1 Å². The predicted molar refractivity (Wildman–Crippen MR) is 156 cm³/mol. The summed E-state index contributed by atoms with van der Waals surface area (Å²) in [5.41, 5.74) is 2.95. The number of halogens is 1. The molecule has 4 aromatic rings. The molecule has 1 unspecified atom stereocenters. The first kappa shape index (κ1) is 27.5. The highest BCUT2D eigenvalue weighted by Gasteiger charge is 2.33. The van der Waals surface area contributed by atoms with Gasteiger partial charge < -0.3 is 15.0 Å². The summed E-state index contributed by atoms with van der Waals surface area (Å²) in [5.74, 6) is 0.430. The number of carbonyl (C=O) groups excluding carboxylic acids is 1. The van der Waals surface area contributed by atoms with Gasteiger partial charge in [0.2, 0.25) is 5.95 Å². The molecule has 1 atom stereocenters. The maximum absolute atomic E-state index is 14.2. The number of carbonyl (C=O) groups is 1. The third-order valence-electron chi connectivity index (χ3n) is 6.60. The molecule has 5 rings (SSSR count). The number of rotatable bonds is 5. The van der Waals surface area contributed by atoms with Gasteiger partial charge in [-0.2, -0.15) is 4.98 Å². The fourth-order valence-electron chi connectivity index (χ4n) is 4.84. The minimum atomic E-state index is -0.612. The van der Waals surface area contributed by atoms with E-state index < -0.39 is 11.7 Å². The largest absolute Gasteiger partial charge is 0.444 e. The Morgan fingerprint density at radius 1 is 1.15 bits per heavy atom. The van der Waals surface area contributed by atoms with E-state index in [1.165, 1.54) is 0 Å². The minimum absolute atomic E-state index is 0.241. The number of hydrogen-bond donors (Lipinski definition) is 1. The highest BCUT2D eigenvalue weighted by atomic mass is 35.5. The third-order valence-corrected chi connectivity index (χ3v) is 6.91. The van der Waals surface area contributed by atoms with E-state index in [0.29, 0.717) is 64.9 Å². The monoisotopic (exact) mass is 561 g/mol. The molecule has 0 saturated carbocycles. The zero-order valence-electron chi connectivity index (χ0n) is 23.2. The van der Waals surface area contributed by atoms with Crippen molar-refractivity contribution in [2.75, 3.05) is 25.0 Å². The second-order valence-electron chi connectivity index (χ2n) is 10.8. The molecule has 1 aromatic carbocycles. The molecule has 1 aliphatic heterocycles. The van der Waals surface area contributed by atoms with E-state index in [1.807, 2.05) is 46.8 Å². The molecule has 0 bridgehead atoms. The van der Waals surface area contributed by atoms with Gasteiger partial charge in [-0.05, 0) is 53.2 Å². The van der Waals surface area contributed by atoms with E-state index >= 15 is 0 Å². The van der Waals surface area contributed by atoms with Crippen molar-refractivity contribution in [3.63, 3.8) is 0 Å². The quantitative estimate of drug-likeness (QED) is 0.340. The first-order chi connectivity index (χ1) is 19.0. The molecule has 0 spiro atoms. The lowest BCUT2D eigenvalue weighted by atomic mass is 10.0. The number of fused-ring (bicyclic) bond motifs is 1. The molecule has 40 heavy (non-hydrogen) atoms. The van der Waals surface area contributed by atoms with E-state index in [9.17, 15) is 9.59 Å². The number of nitrogens with zero attached hydrogens (tertiary/aromatic N) is 6. The highest BCUT2D eigenvalue weighted by molar-refractivity contribution is 6.33. The maximum Gasteiger partial charge on any atom is 0.410 e. The maximum atomic E-state index is 14.2. The molecule has 4 heterocycles. The van der Waals surface area contributed by atoms with Gasteiger partial charge in [0.1, 0.15) is 11.2 Å². The number of nitrogens with one attached hydrogen (secondary N) is 1. The molecule has 1 N–H and O–H groups in total. The summed E-state index contributed by atoms with van der Waals surface area (Å²) >= 11 is 6.77. The second kappa shape index (κ2) is 10.8. The van der Waals surface area contributed by atoms with Crippen LogP contribution in [0.25, 0.3) is 33.4 Å². The molecule has 0 aliphatic carbocycles. The van der Waals surface area contributed by atoms with Crippen LogP contribution in [-0.4, -0.2) is 60.7 Å². The summed E-state index contributed by atoms with van der Waals surface area (Å²) in [7, 11) is 0. The fraction of sp³-hybridized carbons (Fsp3) is 0.379. The molecule has 1 saturated heterocycles. The Bertz CT molecular complexity index is 1650. The third kappa shape index (κ3) is 5.62. The van der Waals surface area contributed by atoms with Crippen molar-refractivity contribution in [1.82, 2.24) is 29.4 Å². The molecular formula is C29H32ClN7O3. The van der Waals surface area contributed by atoms with Crippen LogP contribution in [0, 0.1) is 6.92 Å². The molecule has 3 aromatic heterocycles. The van der Waals surface area contributed by atoms with Gasteiger partial charge in [-0.3, -0.25) is 14.3 Å². The number of anilines is 1. The zero-order chi connectivity index (χ0) is 28.6. The van der Waals surface area contributed by atoms with Crippen LogP contribution >= 0.6 is 11.6 Å². The van der Waals surface area contributed by atoms with Crippen molar-refractivity contribution < 1.29 is 9.53 Å². The van der Waals surface area contributed by atoms with Crippen LogP contribution in [0.3, 0.4) is 0 Å². The minimum Gasteiger partial charge on any atom is -0.444 e.